The van der Waals surface area contributed by atoms with Crippen LogP contribution in [0.3, 0.4) is 0 Å². The average Bonchev–Trinajstić information content (AvgIpc) is 2.78. The van der Waals surface area contributed by atoms with Gasteiger partial charge in [-0.15, -0.1) is 0 Å². The van der Waals surface area contributed by atoms with Gasteiger partial charge in [-0.1, -0.05) is 6.07 Å². The second-order valence-electron chi connectivity index (χ2n) is 8.89. The summed E-state index contributed by atoms with van der Waals surface area (Å²) in [7, 11) is 0. The van der Waals surface area contributed by atoms with Crippen LogP contribution >= 0.6 is 0 Å². The molecule has 8 nitrogen and oxygen atoms in total. The molecule has 1 amide bonds. The topological polar surface area (TPSA) is 98.9 Å². The summed E-state index contributed by atoms with van der Waals surface area (Å²) in [6, 6.07) is 5.12. The largest absolute Gasteiger partial charge is 0.369 e. The first-order valence-corrected chi connectivity index (χ1v) is 11.7. The molecule has 3 rings (SSSR count). The molecule has 2 aliphatic rings. The van der Waals surface area contributed by atoms with Crippen molar-refractivity contribution in [1.29, 1.82) is 0 Å². The zero-order valence-electron chi connectivity index (χ0n) is 19.3. The summed E-state index contributed by atoms with van der Waals surface area (Å²) >= 11 is 0. The van der Waals surface area contributed by atoms with Gasteiger partial charge in [-0.05, 0) is 52.5 Å². The Morgan fingerprint density at radius 1 is 1.23 bits per heavy atom. The number of amides is 1. The quantitative estimate of drug-likeness (QED) is 0.451. The summed E-state index contributed by atoms with van der Waals surface area (Å²) in [6.07, 6.45) is 5.67. The Morgan fingerprint density at radius 2 is 1.94 bits per heavy atom. The molecule has 31 heavy (non-hydrogen) atoms. The number of rotatable bonds is 7. The summed E-state index contributed by atoms with van der Waals surface area (Å²) in [5.41, 5.74) is 6.59. The molecule has 0 saturated carbocycles. The Kier molecular flexibility index (Phi) is 8.51. The number of guanidine groups is 1. The number of primary amides is 1. The SMILES string of the molecule is CCNC(=NCc1cccnc1N1CCC(C(N)=O)CC1)NC1CCN(C(C)C)CC1. The predicted molar refractivity (Wildman–Crippen MR) is 126 cm³/mol. The van der Waals surface area contributed by atoms with Crippen LogP contribution in [0.15, 0.2) is 23.3 Å². The Hall–Kier alpha value is -2.35. The van der Waals surface area contributed by atoms with Gasteiger partial charge in [0, 0.05) is 62.5 Å². The van der Waals surface area contributed by atoms with E-state index in [2.05, 4.69) is 52.3 Å². The van der Waals surface area contributed by atoms with Gasteiger partial charge in [0.05, 0.1) is 6.54 Å². The number of likely N-dealkylation sites (tertiary alicyclic amines) is 1. The molecule has 2 saturated heterocycles. The van der Waals surface area contributed by atoms with Crippen LogP contribution < -0.4 is 21.3 Å². The van der Waals surface area contributed by atoms with Crippen molar-refractivity contribution < 1.29 is 4.79 Å². The molecule has 0 atom stereocenters. The lowest BCUT2D eigenvalue weighted by Gasteiger charge is -2.35. The van der Waals surface area contributed by atoms with Gasteiger partial charge in [-0.25, -0.2) is 9.98 Å². The van der Waals surface area contributed by atoms with Crippen LogP contribution in [0.2, 0.25) is 0 Å². The van der Waals surface area contributed by atoms with E-state index in [0.717, 1.165) is 75.7 Å². The average molecular weight is 430 g/mol. The second-order valence-corrected chi connectivity index (χ2v) is 8.89. The van der Waals surface area contributed by atoms with Gasteiger partial charge in [-0.3, -0.25) is 4.79 Å². The Balaban J connectivity index is 1.62. The van der Waals surface area contributed by atoms with Gasteiger partial charge < -0.3 is 26.2 Å². The summed E-state index contributed by atoms with van der Waals surface area (Å²) in [5, 5.41) is 7.02. The molecule has 2 fully saturated rings. The zero-order chi connectivity index (χ0) is 22.2. The highest BCUT2D eigenvalue weighted by atomic mass is 16.1. The number of aliphatic imine (C=N–C) groups is 1. The van der Waals surface area contributed by atoms with E-state index in [1.807, 2.05) is 12.3 Å². The fraction of sp³-hybridized carbons (Fsp3) is 0.696. The highest BCUT2D eigenvalue weighted by Gasteiger charge is 2.25. The maximum Gasteiger partial charge on any atom is 0.220 e. The molecule has 3 heterocycles. The molecule has 0 aliphatic carbocycles. The smallest absolute Gasteiger partial charge is 0.220 e. The van der Waals surface area contributed by atoms with Crippen LogP contribution in [0, 0.1) is 5.92 Å². The van der Waals surface area contributed by atoms with E-state index in [-0.39, 0.29) is 11.8 Å². The molecule has 0 unspecified atom stereocenters. The monoisotopic (exact) mass is 429 g/mol. The number of anilines is 1. The van der Waals surface area contributed by atoms with Crippen molar-refractivity contribution in [3.63, 3.8) is 0 Å². The molecular formula is C23H39N7O. The minimum Gasteiger partial charge on any atom is -0.369 e. The third-order valence-corrected chi connectivity index (χ3v) is 6.42. The molecule has 1 aromatic rings. The van der Waals surface area contributed by atoms with Crippen molar-refractivity contribution in [3.05, 3.63) is 23.9 Å². The van der Waals surface area contributed by atoms with Crippen molar-refractivity contribution in [2.45, 2.75) is 65.1 Å². The van der Waals surface area contributed by atoms with Gasteiger partial charge in [0.25, 0.3) is 0 Å². The van der Waals surface area contributed by atoms with Gasteiger partial charge >= 0.3 is 0 Å². The van der Waals surface area contributed by atoms with Gasteiger partial charge in [-0.2, -0.15) is 0 Å². The van der Waals surface area contributed by atoms with Crippen molar-refractivity contribution in [1.82, 2.24) is 20.5 Å². The van der Waals surface area contributed by atoms with Crippen molar-refractivity contribution in [2.75, 3.05) is 37.6 Å². The molecular weight excluding hydrogens is 390 g/mol. The van der Waals surface area contributed by atoms with Crippen LogP contribution in [0.25, 0.3) is 0 Å². The second kappa shape index (κ2) is 11.3. The van der Waals surface area contributed by atoms with E-state index in [0.29, 0.717) is 18.6 Å². The number of carbonyl (C=O) groups excluding carboxylic acids is 1. The molecule has 0 aromatic carbocycles. The van der Waals surface area contributed by atoms with Crippen molar-refractivity contribution >= 4 is 17.7 Å². The number of nitrogens with zero attached hydrogens (tertiary/aromatic N) is 4. The van der Waals surface area contributed by atoms with Crippen molar-refractivity contribution in [2.24, 2.45) is 16.6 Å². The lowest BCUT2D eigenvalue weighted by atomic mass is 9.96. The Bertz CT molecular complexity index is 735. The fourth-order valence-electron chi connectivity index (χ4n) is 4.45. The highest BCUT2D eigenvalue weighted by Crippen LogP contribution is 2.25. The number of nitrogens with one attached hydrogen (secondary N) is 2. The minimum atomic E-state index is -0.189. The van der Waals surface area contributed by atoms with E-state index < -0.39 is 0 Å². The third kappa shape index (κ3) is 6.56. The van der Waals surface area contributed by atoms with Crippen LogP contribution in [0.1, 0.15) is 52.0 Å². The number of hydrogen-bond acceptors (Lipinski definition) is 5. The fourth-order valence-corrected chi connectivity index (χ4v) is 4.45. The molecule has 1 aromatic heterocycles. The number of aromatic nitrogens is 1. The van der Waals surface area contributed by atoms with Gasteiger partial charge in [0.2, 0.25) is 5.91 Å². The van der Waals surface area contributed by atoms with Crippen LogP contribution in [0.4, 0.5) is 5.82 Å². The molecule has 0 radical (unpaired) electrons. The molecule has 0 spiro atoms. The van der Waals surface area contributed by atoms with Gasteiger partial charge in [0.15, 0.2) is 5.96 Å². The Labute approximate surface area is 186 Å². The third-order valence-electron chi connectivity index (χ3n) is 6.42. The molecule has 2 aliphatic heterocycles. The molecule has 172 valence electrons. The number of carbonyl (C=O) groups is 1. The van der Waals surface area contributed by atoms with Crippen LogP contribution in [-0.2, 0) is 11.3 Å². The standard InChI is InChI=1S/C23H39N7O/c1-4-25-23(28-20-9-14-29(15-10-20)17(2)3)27-16-19-6-5-11-26-22(19)30-12-7-18(8-13-30)21(24)31/h5-6,11,17-18,20H,4,7-10,12-16H2,1-3H3,(H2,24,31)(H2,25,27,28). The van der Waals surface area contributed by atoms with E-state index in [1.165, 1.54) is 0 Å². The lowest BCUT2D eigenvalue weighted by molar-refractivity contribution is -0.122. The zero-order valence-corrected chi connectivity index (χ0v) is 19.3. The lowest BCUT2D eigenvalue weighted by Crippen LogP contribution is -2.49. The summed E-state index contributed by atoms with van der Waals surface area (Å²) < 4.78 is 0. The molecule has 8 heteroatoms. The maximum atomic E-state index is 11.5. The van der Waals surface area contributed by atoms with E-state index >= 15 is 0 Å². The molecule has 0 bridgehead atoms. The van der Waals surface area contributed by atoms with Crippen LogP contribution in [-0.4, -0.2) is 66.6 Å². The molecule has 4 N–H and O–H groups in total. The van der Waals surface area contributed by atoms with Crippen molar-refractivity contribution in [3.8, 4) is 0 Å². The van der Waals surface area contributed by atoms with Gasteiger partial charge in [0.1, 0.15) is 5.82 Å². The predicted octanol–water partition coefficient (Wildman–Crippen LogP) is 1.71. The minimum absolute atomic E-state index is 0.0203. The normalized spacial score (nSPS) is 19.6. The number of nitrogens with two attached hydrogens (primary N) is 1. The Morgan fingerprint density at radius 3 is 2.55 bits per heavy atom. The van der Waals surface area contributed by atoms with E-state index in [4.69, 9.17) is 10.7 Å². The first-order chi connectivity index (χ1) is 15.0. The summed E-state index contributed by atoms with van der Waals surface area (Å²) in [6.45, 7) is 11.9. The summed E-state index contributed by atoms with van der Waals surface area (Å²) in [5.74, 6) is 1.63. The number of piperidine rings is 2. The maximum absolute atomic E-state index is 11.5. The van der Waals surface area contributed by atoms with Crippen LogP contribution in [0.5, 0.6) is 0 Å². The first kappa shape index (κ1) is 23.3. The number of hydrogen-bond donors (Lipinski definition) is 3. The first-order valence-electron chi connectivity index (χ1n) is 11.7. The highest BCUT2D eigenvalue weighted by molar-refractivity contribution is 5.80. The van der Waals surface area contributed by atoms with E-state index in [1.54, 1.807) is 0 Å². The van der Waals surface area contributed by atoms with E-state index in [9.17, 15) is 4.79 Å². The summed E-state index contributed by atoms with van der Waals surface area (Å²) in [4.78, 5) is 25.8. The number of pyridine rings is 1.